The summed E-state index contributed by atoms with van der Waals surface area (Å²) in [6.07, 6.45) is 1.86. The van der Waals surface area contributed by atoms with Crippen molar-refractivity contribution in [2.75, 3.05) is 13.2 Å². The van der Waals surface area contributed by atoms with E-state index in [-0.39, 0.29) is 12.3 Å². The highest BCUT2D eigenvalue weighted by Crippen LogP contribution is 2.18. The zero-order chi connectivity index (χ0) is 11.5. The van der Waals surface area contributed by atoms with Crippen LogP contribution in [0.3, 0.4) is 0 Å². The molecule has 86 valence electrons. The van der Waals surface area contributed by atoms with Gasteiger partial charge in [-0.1, -0.05) is 6.08 Å². The fourth-order valence-corrected chi connectivity index (χ4v) is 1.39. The average molecular weight is 213 g/mol. The molecule has 0 aromatic rings. The third-order valence-corrected chi connectivity index (χ3v) is 1.99. The lowest BCUT2D eigenvalue weighted by atomic mass is 10.2. The van der Waals surface area contributed by atoms with Crippen molar-refractivity contribution in [2.45, 2.75) is 39.0 Å². The quantitative estimate of drug-likeness (QED) is 0.660. The minimum atomic E-state index is -0.460. The van der Waals surface area contributed by atoms with Crippen LogP contribution in [0.2, 0.25) is 0 Å². The van der Waals surface area contributed by atoms with Crippen molar-refractivity contribution in [3.8, 4) is 0 Å². The molecular formula is C11H19NO3. The maximum absolute atomic E-state index is 11.7. The van der Waals surface area contributed by atoms with Gasteiger partial charge in [0.2, 0.25) is 0 Å². The fourth-order valence-electron chi connectivity index (χ4n) is 1.39. The monoisotopic (exact) mass is 213 g/mol. The Labute approximate surface area is 90.8 Å². The van der Waals surface area contributed by atoms with Crippen molar-refractivity contribution in [1.29, 1.82) is 0 Å². The van der Waals surface area contributed by atoms with E-state index in [9.17, 15) is 4.79 Å². The zero-order valence-corrected chi connectivity index (χ0v) is 9.66. The van der Waals surface area contributed by atoms with Crippen LogP contribution in [-0.2, 0) is 9.47 Å². The molecule has 0 aromatic carbocycles. The van der Waals surface area contributed by atoms with Crippen molar-refractivity contribution in [2.24, 2.45) is 0 Å². The first-order valence-corrected chi connectivity index (χ1v) is 5.16. The highest BCUT2D eigenvalue weighted by atomic mass is 16.6. The van der Waals surface area contributed by atoms with Crippen molar-refractivity contribution in [1.82, 2.24) is 4.90 Å². The van der Waals surface area contributed by atoms with Gasteiger partial charge >= 0.3 is 6.09 Å². The number of carbonyl (C=O) groups excluding carboxylic acids is 1. The zero-order valence-electron chi connectivity index (χ0n) is 9.66. The Balaban J connectivity index is 2.54. The van der Waals surface area contributed by atoms with E-state index in [1.807, 2.05) is 20.8 Å². The molecule has 0 aliphatic carbocycles. The van der Waals surface area contributed by atoms with Gasteiger partial charge in [0.1, 0.15) is 11.8 Å². The summed E-state index contributed by atoms with van der Waals surface area (Å²) in [6, 6.07) is 0. The molecule has 0 bridgehead atoms. The molecule has 15 heavy (non-hydrogen) atoms. The number of carbonyl (C=O) groups is 1. The number of ether oxygens (including phenoxy) is 2. The normalized spacial score (nSPS) is 21.5. The number of rotatable bonds is 2. The van der Waals surface area contributed by atoms with E-state index >= 15 is 0 Å². The molecule has 1 aliphatic heterocycles. The van der Waals surface area contributed by atoms with E-state index in [0.717, 1.165) is 0 Å². The third kappa shape index (κ3) is 3.55. The molecule has 1 rings (SSSR count). The molecule has 0 aromatic heterocycles. The Morgan fingerprint density at radius 3 is 2.87 bits per heavy atom. The van der Waals surface area contributed by atoms with E-state index in [2.05, 4.69) is 6.58 Å². The summed E-state index contributed by atoms with van der Waals surface area (Å²) < 4.78 is 10.7. The van der Waals surface area contributed by atoms with Gasteiger partial charge in [0, 0.05) is 6.42 Å². The standard InChI is InChI=1S/C11H19NO3/c1-5-6-9-12(7-8-14-9)10(13)15-11(2,3)4/h5,9H,1,6-8H2,2-4H3. The number of amides is 1. The minimum absolute atomic E-state index is 0.211. The van der Waals surface area contributed by atoms with Gasteiger partial charge in [-0.15, -0.1) is 6.58 Å². The first-order chi connectivity index (χ1) is 6.94. The molecule has 0 radical (unpaired) electrons. The van der Waals surface area contributed by atoms with Crippen LogP contribution in [0, 0.1) is 0 Å². The highest BCUT2D eigenvalue weighted by molar-refractivity contribution is 5.68. The van der Waals surface area contributed by atoms with Crippen LogP contribution in [0.4, 0.5) is 4.79 Å². The topological polar surface area (TPSA) is 38.8 Å². The van der Waals surface area contributed by atoms with Crippen LogP contribution < -0.4 is 0 Å². The lowest BCUT2D eigenvalue weighted by Crippen LogP contribution is -2.40. The van der Waals surface area contributed by atoms with Gasteiger partial charge < -0.3 is 9.47 Å². The summed E-state index contributed by atoms with van der Waals surface area (Å²) in [5, 5.41) is 0. The molecule has 0 saturated carbocycles. The lowest BCUT2D eigenvalue weighted by Gasteiger charge is -2.26. The summed E-state index contributed by atoms with van der Waals surface area (Å²) in [7, 11) is 0. The second-order valence-corrected chi connectivity index (χ2v) is 4.52. The maximum Gasteiger partial charge on any atom is 0.412 e. The van der Waals surface area contributed by atoms with Gasteiger partial charge in [0.15, 0.2) is 0 Å². The molecule has 1 aliphatic rings. The fraction of sp³-hybridized carbons (Fsp3) is 0.727. The van der Waals surface area contributed by atoms with Crippen LogP contribution in [0.5, 0.6) is 0 Å². The number of hydrogen-bond donors (Lipinski definition) is 0. The van der Waals surface area contributed by atoms with Gasteiger partial charge in [-0.25, -0.2) is 4.79 Å². The summed E-state index contributed by atoms with van der Waals surface area (Å²) in [5.41, 5.74) is -0.460. The molecule has 1 heterocycles. The predicted octanol–water partition coefficient (Wildman–Crippen LogP) is 2.16. The number of nitrogens with zero attached hydrogens (tertiary/aromatic N) is 1. The summed E-state index contributed by atoms with van der Waals surface area (Å²) in [4.78, 5) is 13.3. The first-order valence-electron chi connectivity index (χ1n) is 5.16. The summed E-state index contributed by atoms with van der Waals surface area (Å²) in [5.74, 6) is 0. The van der Waals surface area contributed by atoms with E-state index < -0.39 is 5.60 Å². The molecule has 4 nitrogen and oxygen atoms in total. The Morgan fingerprint density at radius 2 is 2.33 bits per heavy atom. The molecule has 1 fully saturated rings. The summed E-state index contributed by atoms with van der Waals surface area (Å²) >= 11 is 0. The third-order valence-electron chi connectivity index (χ3n) is 1.99. The van der Waals surface area contributed by atoms with Gasteiger partial charge in [-0.3, -0.25) is 4.90 Å². The Kier molecular flexibility index (Phi) is 3.74. The number of hydrogen-bond acceptors (Lipinski definition) is 3. The maximum atomic E-state index is 11.7. The SMILES string of the molecule is C=CCC1OCCN1C(=O)OC(C)(C)C. The van der Waals surface area contributed by atoms with E-state index in [1.165, 1.54) is 0 Å². The highest BCUT2D eigenvalue weighted by Gasteiger charge is 2.31. The molecular weight excluding hydrogens is 194 g/mol. The van der Waals surface area contributed by atoms with Gasteiger partial charge in [0.25, 0.3) is 0 Å². The van der Waals surface area contributed by atoms with Crippen LogP contribution in [0.15, 0.2) is 12.7 Å². The molecule has 1 amide bonds. The molecule has 4 heteroatoms. The van der Waals surface area contributed by atoms with Crippen LogP contribution in [0.1, 0.15) is 27.2 Å². The second kappa shape index (κ2) is 4.66. The first kappa shape index (κ1) is 12.0. The van der Waals surface area contributed by atoms with Crippen molar-refractivity contribution in [3.63, 3.8) is 0 Å². The van der Waals surface area contributed by atoms with Gasteiger partial charge in [-0.2, -0.15) is 0 Å². The lowest BCUT2D eigenvalue weighted by molar-refractivity contribution is -0.00742. The van der Waals surface area contributed by atoms with Gasteiger partial charge in [0.05, 0.1) is 13.2 Å². The van der Waals surface area contributed by atoms with E-state index in [4.69, 9.17) is 9.47 Å². The second-order valence-electron chi connectivity index (χ2n) is 4.52. The molecule has 0 spiro atoms. The average Bonchev–Trinajstić information content (AvgIpc) is 2.49. The van der Waals surface area contributed by atoms with E-state index in [1.54, 1.807) is 11.0 Å². The Bertz CT molecular complexity index is 245. The molecule has 1 atom stereocenters. The Hall–Kier alpha value is -1.03. The van der Waals surface area contributed by atoms with Crippen molar-refractivity contribution >= 4 is 6.09 Å². The molecule has 0 N–H and O–H groups in total. The van der Waals surface area contributed by atoms with E-state index in [0.29, 0.717) is 19.6 Å². The minimum Gasteiger partial charge on any atom is -0.444 e. The van der Waals surface area contributed by atoms with Crippen LogP contribution in [-0.4, -0.2) is 36.0 Å². The molecule has 1 saturated heterocycles. The smallest absolute Gasteiger partial charge is 0.412 e. The van der Waals surface area contributed by atoms with Crippen LogP contribution >= 0.6 is 0 Å². The van der Waals surface area contributed by atoms with Crippen molar-refractivity contribution in [3.05, 3.63) is 12.7 Å². The van der Waals surface area contributed by atoms with Crippen molar-refractivity contribution < 1.29 is 14.3 Å². The summed E-state index contributed by atoms with van der Waals surface area (Å²) in [6.45, 7) is 10.3. The predicted molar refractivity (Wildman–Crippen MR) is 57.5 cm³/mol. The van der Waals surface area contributed by atoms with Crippen LogP contribution in [0.25, 0.3) is 0 Å². The molecule has 1 unspecified atom stereocenters. The van der Waals surface area contributed by atoms with Gasteiger partial charge in [-0.05, 0) is 20.8 Å². The Morgan fingerprint density at radius 1 is 1.67 bits per heavy atom. The largest absolute Gasteiger partial charge is 0.444 e.